The van der Waals surface area contributed by atoms with Gasteiger partial charge in [-0.05, 0) is 43.1 Å². The molecule has 3 N–H and O–H groups in total. The quantitative estimate of drug-likeness (QED) is 0.873. The summed E-state index contributed by atoms with van der Waals surface area (Å²) in [5.74, 6) is 1.04. The fraction of sp³-hybridized carbons (Fsp3) is 0.538. The van der Waals surface area contributed by atoms with Crippen molar-refractivity contribution in [2.75, 3.05) is 13.6 Å². The Morgan fingerprint density at radius 1 is 1.25 bits per heavy atom. The van der Waals surface area contributed by atoms with Crippen molar-refractivity contribution in [1.29, 1.82) is 0 Å². The topological polar surface area (TPSA) is 38.0 Å². The van der Waals surface area contributed by atoms with Gasteiger partial charge in [0.15, 0.2) is 0 Å². The minimum Gasteiger partial charge on any atom is -0.330 e. The molecule has 2 unspecified atom stereocenters. The molecule has 0 aliphatic rings. The zero-order valence-electron chi connectivity index (χ0n) is 10.2. The molecule has 0 fully saturated rings. The summed E-state index contributed by atoms with van der Waals surface area (Å²) in [5, 5.41) is 3.37. The van der Waals surface area contributed by atoms with Crippen LogP contribution in [-0.2, 0) is 0 Å². The summed E-state index contributed by atoms with van der Waals surface area (Å²) in [4.78, 5) is 0. The first-order chi connectivity index (χ1) is 7.60. The van der Waals surface area contributed by atoms with E-state index in [4.69, 9.17) is 5.73 Å². The summed E-state index contributed by atoms with van der Waals surface area (Å²) >= 11 is 3.45. The molecule has 1 rings (SSSR count). The highest BCUT2D eigenvalue weighted by atomic mass is 79.9. The Balaban J connectivity index is 2.92. The summed E-state index contributed by atoms with van der Waals surface area (Å²) in [6, 6.07) is 8.78. The second-order valence-electron chi connectivity index (χ2n) is 4.46. The van der Waals surface area contributed by atoms with Crippen LogP contribution in [0.5, 0.6) is 0 Å². The molecule has 2 nitrogen and oxygen atoms in total. The highest BCUT2D eigenvalue weighted by molar-refractivity contribution is 9.10. The Morgan fingerprint density at radius 3 is 2.19 bits per heavy atom. The van der Waals surface area contributed by atoms with Crippen LogP contribution >= 0.6 is 15.9 Å². The van der Waals surface area contributed by atoms with Gasteiger partial charge in [-0.3, -0.25) is 0 Å². The van der Waals surface area contributed by atoms with Crippen LogP contribution in [0.4, 0.5) is 0 Å². The normalized spacial score (nSPS) is 15.1. The third kappa shape index (κ3) is 3.30. The maximum absolute atomic E-state index is 5.87. The zero-order chi connectivity index (χ0) is 12.1. The summed E-state index contributed by atoms with van der Waals surface area (Å²) in [5.41, 5.74) is 7.17. The van der Waals surface area contributed by atoms with Crippen molar-refractivity contribution in [1.82, 2.24) is 5.32 Å². The van der Waals surface area contributed by atoms with Crippen molar-refractivity contribution in [2.24, 2.45) is 17.6 Å². The molecule has 0 bridgehead atoms. The number of hydrogen-bond donors (Lipinski definition) is 2. The van der Waals surface area contributed by atoms with Crippen molar-refractivity contribution in [3.05, 3.63) is 34.3 Å². The third-order valence-electron chi connectivity index (χ3n) is 3.10. The molecule has 1 aromatic carbocycles. The van der Waals surface area contributed by atoms with Crippen LogP contribution in [0.3, 0.4) is 0 Å². The van der Waals surface area contributed by atoms with Gasteiger partial charge in [-0.1, -0.05) is 41.9 Å². The van der Waals surface area contributed by atoms with Gasteiger partial charge in [0.05, 0.1) is 0 Å². The Kier molecular flexibility index (Phi) is 5.46. The van der Waals surface area contributed by atoms with Crippen molar-refractivity contribution in [3.8, 4) is 0 Å². The molecular weight excluding hydrogens is 264 g/mol. The lowest BCUT2D eigenvalue weighted by Crippen LogP contribution is -2.33. The smallest absolute Gasteiger partial charge is 0.0360 e. The fourth-order valence-corrected chi connectivity index (χ4v) is 2.36. The second-order valence-corrected chi connectivity index (χ2v) is 5.38. The number of nitrogens with one attached hydrogen (secondary N) is 1. The molecule has 1 aromatic rings. The van der Waals surface area contributed by atoms with Crippen LogP contribution in [0.2, 0.25) is 0 Å². The average Bonchev–Trinajstić information content (AvgIpc) is 2.26. The molecule has 0 spiro atoms. The predicted octanol–water partition coefficient (Wildman–Crippen LogP) is 2.94. The van der Waals surface area contributed by atoms with Crippen LogP contribution in [0, 0.1) is 11.8 Å². The van der Waals surface area contributed by atoms with Gasteiger partial charge in [0, 0.05) is 10.5 Å². The summed E-state index contributed by atoms with van der Waals surface area (Å²) in [6.07, 6.45) is 0. The molecular formula is C13H21BrN2. The molecule has 0 heterocycles. The standard InChI is InChI=1S/C13H21BrN2/c1-9(2)12(8-15)13(16-3)10-4-6-11(14)7-5-10/h4-7,9,12-13,16H,8,15H2,1-3H3. The van der Waals surface area contributed by atoms with E-state index in [1.807, 2.05) is 7.05 Å². The van der Waals surface area contributed by atoms with Gasteiger partial charge < -0.3 is 11.1 Å². The number of benzene rings is 1. The average molecular weight is 285 g/mol. The van der Waals surface area contributed by atoms with Crippen molar-refractivity contribution < 1.29 is 0 Å². The Labute approximate surface area is 107 Å². The minimum absolute atomic E-state index is 0.332. The lowest BCUT2D eigenvalue weighted by molar-refractivity contribution is 0.299. The number of rotatable bonds is 5. The molecule has 3 heteroatoms. The van der Waals surface area contributed by atoms with E-state index in [2.05, 4.69) is 59.4 Å². The van der Waals surface area contributed by atoms with Crippen LogP contribution in [0.1, 0.15) is 25.5 Å². The van der Waals surface area contributed by atoms with E-state index in [0.717, 1.165) is 4.47 Å². The molecule has 0 aromatic heterocycles. The van der Waals surface area contributed by atoms with Crippen LogP contribution < -0.4 is 11.1 Å². The Bertz CT molecular complexity index is 308. The van der Waals surface area contributed by atoms with Gasteiger partial charge >= 0.3 is 0 Å². The van der Waals surface area contributed by atoms with E-state index >= 15 is 0 Å². The summed E-state index contributed by atoms with van der Waals surface area (Å²) in [6.45, 7) is 5.15. The van der Waals surface area contributed by atoms with Gasteiger partial charge in [0.2, 0.25) is 0 Å². The molecule has 0 saturated carbocycles. The summed E-state index contributed by atoms with van der Waals surface area (Å²) < 4.78 is 1.11. The highest BCUT2D eigenvalue weighted by Gasteiger charge is 2.23. The SMILES string of the molecule is CNC(c1ccc(Br)cc1)C(CN)C(C)C. The van der Waals surface area contributed by atoms with E-state index < -0.39 is 0 Å². The first kappa shape index (κ1) is 13.7. The van der Waals surface area contributed by atoms with Gasteiger partial charge in [0.25, 0.3) is 0 Å². The van der Waals surface area contributed by atoms with E-state index in [9.17, 15) is 0 Å². The maximum Gasteiger partial charge on any atom is 0.0360 e. The lowest BCUT2D eigenvalue weighted by atomic mass is 9.84. The first-order valence-electron chi connectivity index (χ1n) is 5.73. The number of nitrogens with two attached hydrogens (primary N) is 1. The van der Waals surface area contributed by atoms with E-state index in [0.29, 0.717) is 24.4 Å². The van der Waals surface area contributed by atoms with Gasteiger partial charge in [-0.15, -0.1) is 0 Å². The first-order valence-corrected chi connectivity index (χ1v) is 6.52. The number of hydrogen-bond acceptors (Lipinski definition) is 2. The minimum atomic E-state index is 0.332. The van der Waals surface area contributed by atoms with Crippen molar-refractivity contribution in [2.45, 2.75) is 19.9 Å². The van der Waals surface area contributed by atoms with Crippen LogP contribution in [-0.4, -0.2) is 13.6 Å². The summed E-state index contributed by atoms with van der Waals surface area (Å²) in [7, 11) is 2.00. The maximum atomic E-state index is 5.87. The van der Waals surface area contributed by atoms with E-state index in [1.165, 1.54) is 5.56 Å². The Morgan fingerprint density at radius 2 is 1.81 bits per heavy atom. The molecule has 0 saturated heterocycles. The van der Waals surface area contributed by atoms with Crippen molar-refractivity contribution in [3.63, 3.8) is 0 Å². The third-order valence-corrected chi connectivity index (χ3v) is 3.63. The van der Waals surface area contributed by atoms with Gasteiger partial charge in [0.1, 0.15) is 0 Å². The molecule has 2 atom stereocenters. The highest BCUT2D eigenvalue weighted by Crippen LogP contribution is 2.27. The predicted molar refractivity (Wildman–Crippen MR) is 73.3 cm³/mol. The molecule has 90 valence electrons. The van der Waals surface area contributed by atoms with Crippen molar-refractivity contribution >= 4 is 15.9 Å². The zero-order valence-corrected chi connectivity index (χ0v) is 11.8. The Hall–Kier alpha value is -0.380. The molecule has 0 amide bonds. The van der Waals surface area contributed by atoms with Gasteiger partial charge in [-0.2, -0.15) is 0 Å². The molecule has 0 radical (unpaired) electrons. The lowest BCUT2D eigenvalue weighted by Gasteiger charge is -2.29. The van der Waals surface area contributed by atoms with E-state index in [-0.39, 0.29) is 0 Å². The molecule has 0 aliphatic heterocycles. The second kappa shape index (κ2) is 6.38. The fourth-order valence-electron chi connectivity index (χ4n) is 2.09. The van der Waals surface area contributed by atoms with Gasteiger partial charge in [-0.25, -0.2) is 0 Å². The largest absolute Gasteiger partial charge is 0.330 e. The molecule has 0 aliphatic carbocycles. The molecule has 16 heavy (non-hydrogen) atoms. The van der Waals surface area contributed by atoms with E-state index in [1.54, 1.807) is 0 Å². The monoisotopic (exact) mass is 284 g/mol. The number of halogens is 1. The van der Waals surface area contributed by atoms with Crippen LogP contribution in [0.25, 0.3) is 0 Å². The van der Waals surface area contributed by atoms with Crippen LogP contribution in [0.15, 0.2) is 28.7 Å².